The largest absolute Gasteiger partial charge is 0.478 e. The number of aromatic carboxylic acids is 1. The summed E-state index contributed by atoms with van der Waals surface area (Å²) in [5.74, 6) is -0.990. The van der Waals surface area contributed by atoms with Gasteiger partial charge in [-0.1, -0.05) is 12.1 Å². The number of hydrogen-bond donors (Lipinski definition) is 1. The van der Waals surface area contributed by atoms with Gasteiger partial charge in [-0.05, 0) is 25.0 Å². The molecule has 7 nitrogen and oxygen atoms in total. The summed E-state index contributed by atoms with van der Waals surface area (Å²) in [5, 5.41) is 8.95. The monoisotopic (exact) mass is 347 g/mol. The Hall–Kier alpha value is -2.32. The standard InChI is InChI=1S/C16H17N3O4S/c1-24(22,23)19-8-2-3-15(19)14-10-17-9-13(18-14)11-4-6-12(7-5-11)16(20)21/h4-7,9-10,15H,2-3,8H2,1H3,(H,20,21). The van der Waals surface area contributed by atoms with Gasteiger partial charge in [0.15, 0.2) is 0 Å². The third-order valence-electron chi connectivity index (χ3n) is 4.05. The van der Waals surface area contributed by atoms with E-state index in [0.717, 1.165) is 12.0 Å². The highest BCUT2D eigenvalue weighted by Crippen LogP contribution is 2.33. The van der Waals surface area contributed by atoms with Crippen LogP contribution in [0.1, 0.15) is 34.9 Å². The number of carboxylic acids is 1. The predicted molar refractivity (Wildman–Crippen MR) is 88.0 cm³/mol. The number of rotatable bonds is 4. The van der Waals surface area contributed by atoms with Crippen molar-refractivity contribution in [3.63, 3.8) is 0 Å². The molecular weight excluding hydrogens is 330 g/mol. The summed E-state index contributed by atoms with van der Waals surface area (Å²) >= 11 is 0. The van der Waals surface area contributed by atoms with Crippen LogP contribution in [0.15, 0.2) is 36.7 Å². The second-order valence-corrected chi connectivity index (χ2v) is 7.68. The van der Waals surface area contributed by atoms with E-state index in [-0.39, 0.29) is 11.6 Å². The minimum Gasteiger partial charge on any atom is -0.478 e. The third kappa shape index (κ3) is 3.29. The van der Waals surface area contributed by atoms with Gasteiger partial charge in [-0.3, -0.25) is 4.98 Å². The summed E-state index contributed by atoms with van der Waals surface area (Å²) in [4.78, 5) is 19.6. The Morgan fingerprint density at radius 3 is 2.58 bits per heavy atom. The van der Waals surface area contributed by atoms with Crippen molar-refractivity contribution in [1.82, 2.24) is 14.3 Å². The van der Waals surface area contributed by atoms with Crippen LogP contribution < -0.4 is 0 Å². The molecule has 0 spiro atoms. The Labute approximate surface area is 140 Å². The lowest BCUT2D eigenvalue weighted by Crippen LogP contribution is -2.30. The van der Waals surface area contributed by atoms with Gasteiger partial charge in [-0.25, -0.2) is 18.2 Å². The zero-order valence-corrected chi connectivity index (χ0v) is 13.9. The Balaban J connectivity index is 1.93. The Kier molecular flexibility index (Phi) is 4.33. The topological polar surface area (TPSA) is 100 Å². The average molecular weight is 347 g/mol. The number of carbonyl (C=O) groups is 1. The molecule has 2 heterocycles. The molecule has 1 saturated heterocycles. The van der Waals surface area contributed by atoms with Crippen molar-refractivity contribution in [1.29, 1.82) is 0 Å². The normalized spacial score (nSPS) is 18.6. The first-order chi connectivity index (χ1) is 11.4. The van der Waals surface area contributed by atoms with Crippen LogP contribution >= 0.6 is 0 Å². The first-order valence-electron chi connectivity index (χ1n) is 7.49. The van der Waals surface area contributed by atoms with E-state index in [4.69, 9.17) is 5.11 Å². The Morgan fingerprint density at radius 1 is 1.25 bits per heavy atom. The molecule has 1 aromatic carbocycles. The molecule has 0 amide bonds. The van der Waals surface area contributed by atoms with Gasteiger partial charge in [0.2, 0.25) is 10.0 Å². The van der Waals surface area contributed by atoms with Crippen LogP contribution in [-0.4, -0.2) is 46.6 Å². The van der Waals surface area contributed by atoms with Gasteiger partial charge < -0.3 is 5.11 Å². The molecule has 1 aromatic heterocycles. The quantitative estimate of drug-likeness (QED) is 0.907. The molecule has 1 N–H and O–H groups in total. The maximum atomic E-state index is 11.9. The van der Waals surface area contributed by atoms with Crippen molar-refractivity contribution in [3.05, 3.63) is 47.9 Å². The molecule has 1 aliphatic rings. The van der Waals surface area contributed by atoms with Crippen LogP contribution in [0.2, 0.25) is 0 Å². The summed E-state index contributed by atoms with van der Waals surface area (Å²) in [6, 6.07) is 6.04. The lowest BCUT2D eigenvalue weighted by Gasteiger charge is -2.21. The second-order valence-electron chi connectivity index (χ2n) is 5.74. The van der Waals surface area contributed by atoms with Crippen molar-refractivity contribution < 1.29 is 18.3 Å². The van der Waals surface area contributed by atoms with Crippen LogP contribution in [0.4, 0.5) is 0 Å². The molecule has 1 unspecified atom stereocenters. The third-order valence-corrected chi connectivity index (χ3v) is 5.34. The Bertz CT molecular complexity index is 865. The zero-order chi connectivity index (χ0) is 17.3. The number of sulfonamides is 1. The average Bonchev–Trinajstić information content (AvgIpc) is 3.05. The van der Waals surface area contributed by atoms with Crippen molar-refractivity contribution in [2.45, 2.75) is 18.9 Å². The van der Waals surface area contributed by atoms with Gasteiger partial charge in [0.25, 0.3) is 0 Å². The van der Waals surface area contributed by atoms with E-state index in [0.29, 0.717) is 24.4 Å². The van der Waals surface area contributed by atoms with E-state index in [1.54, 1.807) is 24.5 Å². The van der Waals surface area contributed by atoms with Gasteiger partial charge in [-0.15, -0.1) is 0 Å². The molecule has 0 saturated carbocycles. The molecule has 3 rings (SSSR count). The molecule has 0 aliphatic carbocycles. The van der Waals surface area contributed by atoms with E-state index >= 15 is 0 Å². The smallest absolute Gasteiger partial charge is 0.335 e. The molecule has 0 radical (unpaired) electrons. The first-order valence-corrected chi connectivity index (χ1v) is 9.33. The van der Waals surface area contributed by atoms with Gasteiger partial charge in [0, 0.05) is 12.1 Å². The number of nitrogens with zero attached hydrogens (tertiary/aromatic N) is 3. The zero-order valence-electron chi connectivity index (χ0n) is 13.1. The highest BCUT2D eigenvalue weighted by atomic mass is 32.2. The molecule has 1 aliphatic heterocycles. The lowest BCUT2D eigenvalue weighted by molar-refractivity contribution is 0.0697. The van der Waals surface area contributed by atoms with Gasteiger partial charge in [0.1, 0.15) is 0 Å². The van der Waals surface area contributed by atoms with Crippen LogP contribution in [0, 0.1) is 0 Å². The van der Waals surface area contributed by atoms with E-state index in [9.17, 15) is 13.2 Å². The fourth-order valence-corrected chi connectivity index (χ4v) is 4.03. The summed E-state index contributed by atoms with van der Waals surface area (Å²) in [6.07, 6.45) is 5.87. The highest BCUT2D eigenvalue weighted by Gasteiger charge is 2.33. The van der Waals surface area contributed by atoms with Gasteiger partial charge in [-0.2, -0.15) is 4.31 Å². The van der Waals surface area contributed by atoms with E-state index in [2.05, 4.69) is 9.97 Å². The van der Waals surface area contributed by atoms with Crippen molar-refractivity contribution >= 4 is 16.0 Å². The van der Waals surface area contributed by atoms with E-state index < -0.39 is 16.0 Å². The van der Waals surface area contributed by atoms with E-state index in [1.807, 2.05) is 0 Å². The van der Waals surface area contributed by atoms with Crippen LogP contribution in [-0.2, 0) is 10.0 Å². The molecule has 1 atom stereocenters. The molecule has 24 heavy (non-hydrogen) atoms. The maximum absolute atomic E-state index is 11.9. The van der Waals surface area contributed by atoms with Crippen LogP contribution in [0.3, 0.4) is 0 Å². The fourth-order valence-electron chi connectivity index (χ4n) is 2.90. The molecule has 126 valence electrons. The first kappa shape index (κ1) is 16.5. The minimum absolute atomic E-state index is 0.196. The lowest BCUT2D eigenvalue weighted by atomic mass is 10.1. The summed E-state index contributed by atoms with van der Waals surface area (Å²) in [5.41, 5.74) is 2.13. The number of aromatic nitrogens is 2. The summed E-state index contributed by atoms with van der Waals surface area (Å²) < 4.78 is 25.2. The number of hydrogen-bond acceptors (Lipinski definition) is 5. The van der Waals surface area contributed by atoms with Gasteiger partial charge >= 0.3 is 5.97 Å². The summed E-state index contributed by atoms with van der Waals surface area (Å²) in [7, 11) is -3.29. The SMILES string of the molecule is CS(=O)(=O)N1CCCC1c1cncc(-c2ccc(C(=O)O)cc2)n1. The molecule has 8 heteroatoms. The second kappa shape index (κ2) is 6.29. The van der Waals surface area contributed by atoms with Crippen LogP contribution in [0.5, 0.6) is 0 Å². The van der Waals surface area contributed by atoms with Gasteiger partial charge in [0.05, 0.1) is 41.6 Å². The molecule has 2 aromatic rings. The minimum atomic E-state index is -3.29. The maximum Gasteiger partial charge on any atom is 0.335 e. The molecule has 0 bridgehead atoms. The Morgan fingerprint density at radius 2 is 1.96 bits per heavy atom. The number of carboxylic acid groups (broad SMARTS) is 1. The van der Waals surface area contributed by atoms with Crippen molar-refractivity contribution in [2.75, 3.05) is 12.8 Å². The molecular formula is C16H17N3O4S. The van der Waals surface area contributed by atoms with Crippen molar-refractivity contribution in [3.8, 4) is 11.3 Å². The van der Waals surface area contributed by atoms with Crippen LogP contribution in [0.25, 0.3) is 11.3 Å². The van der Waals surface area contributed by atoms with Crippen molar-refractivity contribution in [2.24, 2.45) is 0 Å². The van der Waals surface area contributed by atoms with E-state index in [1.165, 1.54) is 22.7 Å². The molecule has 1 fully saturated rings. The number of benzene rings is 1. The summed E-state index contributed by atoms with van der Waals surface area (Å²) in [6.45, 7) is 0.489. The predicted octanol–water partition coefficient (Wildman–Crippen LogP) is 1.94. The fraction of sp³-hybridized carbons (Fsp3) is 0.312. The highest BCUT2D eigenvalue weighted by molar-refractivity contribution is 7.88.